The number of aliphatic hydroxyl groups excluding tert-OH is 1. The number of hydrogen-bond acceptors (Lipinski definition) is 7. The number of fused-ring (bicyclic) bond motifs is 1. The summed E-state index contributed by atoms with van der Waals surface area (Å²) < 4.78 is 16.9. The van der Waals surface area contributed by atoms with E-state index < -0.39 is 6.09 Å². The first-order valence-electron chi connectivity index (χ1n) is 11.3. The van der Waals surface area contributed by atoms with E-state index in [0.717, 1.165) is 5.56 Å². The summed E-state index contributed by atoms with van der Waals surface area (Å²) in [5.41, 5.74) is 1.73. The van der Waals surface area contributed by atoms with Crippen LogP contribution >= 0.6 is 0 Å². The van der Waals surface area contributed by atoms with Gasteiger partial charge in [0.1, 0.15) is 13.2 Å². The molecule has 4 rings (SSSR count). The SMILES string of the molecule is O=C(O)N(Cc1cc2c(cn1)OCCO2)C1CCN(C(CO)COCc2ccccc2)CC1. The highest BCUT2D eigenvalue weighted by atomic mass is 16.6. The summed E-state index contributed by atoms with van der Waals surface area (Å²) in [6.45, 7) is 3.48. The van der Waals surface area contributed by atoms with Crippen molar-refractivity contribution in [2.45, 2.75) is 38.1 Å². The van der Waals surface area contributed by atoms with E-state index in [1.54, 1.807) is 12.3 Å². The monoisotopic (exact) mass is 457 g/mol. The Balaban J connectivity index is 1.29. The average molecular weight is 458 g/mol. The molecule has 1 amide bonds. The number of amides is 1. The molecule has 1 fully saturated rings. The molecule has 0 bridgehead atoms. The molecule has 2 N–H and O–H groups in total. The lowest BCUT2D eigenvalue weighted by Gasteiger charge is -2.40. The minimum absolute atomic E-state index is 0.00319. The van der Waals surface area contributed by atoms with Gasteiger partial charge in [-0.05, 0) is 18.4 Å². The Morgan fingerprint density at radius 1 is 1.18 bits per heavy atom. The van der Waals surface area contributed by atoms with Gasteiger partial charge >= 0.3 is 6.09 Å². The van der Waals surface area contributed by atoms with Crippen molar-refractivity contribution in [2.24, 2.45) is 0 Å². The van der Waals surface area contributed by atoms with Crippen LogP contribution in [0.3, 0.4) is 0 Å². The zero-order valence-electron chi connectivity index (χ0n) is 18.6. The van der Waals surface area contributed by atoms with E-state index in [9.17, 15) is 15.0 Å². The molecule has 1 atom stereocenters. The van der Waals surface area contributed by atoms with Crippen molar-refractivity contribution in [3.63, 3.8) is 0 Å². The maximum Gasteiger partial charge on any atom is 0.407 e. The molecule has 2 aliphatic rings. The number of benzene rings is 1. The van der Waals surface area contributed by atoms with Gasteiger partial charge in [0.05, 0.1) is 44.3 Å². The largest absolute Gasteiger partial charge is 0.486 e. The Labute approximate surface area is 193 Å². The lowest BCUT2D eigenvalue weighted by Crippen LogP contribution is -2.51. The Bertz CT molecular complexity index is 904. The molecule has 2 aliphatic heterocycles. The molecule has 0 saturated carbocycles. The second-order valence-electron chi connectivity index (χ2n) is 8.33. The van der Waals surface area contributed by atoms with Gasteiger partial charge in [-0.1, -0.05) is 30.3 Å². The average Bonchev–Trinajstić information content (AvgIpc) is 2.86. The predicted molar refractivity (Wildman–Crippen MR) is 120 cm³/mol. The van der Waals surface area contributed by atoms with Crippen LogP contribution in [0.2, 0.25) is 0 Å². The van der Waals surface area contributed by atoms with Gasteiger partial charge in [0.25, 0.3) is 0 Å². The number of aromatic nitrogens is 1. The lowest BCUT2D eigenvalue weighted by atomic mass is 10.0. The minimum atomic E-state index is -0.963. The van der Waals surface area contributed by atoms with E-state index in [1.807, 2.05) is 30.3 Å². The molecular weight excluding hydrogens is 426 g/mol. The first kappa shape index (κ1) is 23.3. The number of carboxylic acid groups (broad SMARTS) is 1. The number of nitrogens with zero attached hydrogens (tertiary/aromatic N) is 3. The Kier molecular flexibility index (Phi) is 7.98. The predicted octanol–water partition coefficient (Wildman–Crippen LogP) is 2.37. The van der Waals surface area contributed by atoms with Crippen LogP contribution in [0.1, 0.15) is 24.1 Å². The molecule has 178 valence electrons. The van der Waals surface area contributed by atoms with Crippen LogP contribution in [-0.4, -0.2) is 82.7 Å². The summed E-state index contributed by atoms with van der Waals surface area (Å²) in [7, 11) is 0. The standard InChI is InChI=1S/C24H31N3O6/c28-15-21(17-31-16-18-4-2-1-3-5-18)26-8-6-20(7-9-26)27(24(29)30)14-19-12-22-23(13-25-19)33-11-10-32-22/h1-5,12-13,20-21,28H,6-11,14-17H2,(H,29,30). The summed E-state index contributed by atoms with van der Waals surface area (Å²) in [5, 5.41) is 19.7. The molecule has 0 aliphatic carbocycles. The van der Waals surface area contributed by atoms with Crippen molar-refractivity contribution in [3.05, 3.63) is 53.9 Å². The van der Waals surface area contributed by atoms with Crippen LogP contribution < -0.4 is 9.47 Å². The third-order valence-electron chi connectivity index (χ3n) is 6.15. The minimum Gasteiger partial charge on any atom is -0.486 e. The van der Waals surface area contributed by atoms with Crippen LogP contribution in [-0.2, 0) is 17.9 Å². The summed E-state index contributed by atoms with van der Waals surface area (Å²) in [5.74, 6) is 1.19. The van der Waals surface area contributed by atoms with Gasteiger partial charge in [-0.25, -0.2) is 4.79 Å². The van der Waals surface area contributed by atoms with E-state index >= 15 is 0 Å². The fourth-order valence-corrected chi connectivity index (χ4v) is 4.33. The first-order chi connectivity index (χ1) is 16.1. The fourth-order valence-electron chi connectivity index (χ4n) is 4.33. The number of likely N-dealkylation sites (tertiary alicyclic amines) is 1. The normalized spacial score (nSPS) is 17.5. The first-order valence-corrected chi connectivity index (χ1v) is 11.3. The molecule has 1 saturated heterocycles. The zero-order valence-corrected chi connectivity index (χ0v) is 18.6. The van der Waals surface area contributed by atoms with Gasteiger partial charge in [0.2, 0.25) is 0 Å². The number of aliphatic hydroxyl groups is 1. The second-order valence-corrected chi connectivity index (χ2v) is 8.33. The van der Waals surface area contributed by atoms with Gasteiger partial charge in [-0.3, -0.25) is 14.8 Å². The topological polar surface area (TPSA) is 105 Å². The van der Waals surface area contributed by atoms with E-state index in [0.29, 0.717) is 69.6 Å². The number of carbonyl (C=O) groups is 1. The van der Waals surface area contributed by atoms with Crippen molar-refractivity contribution in [2.75, 3.05) is 39.5 Å². The number of hydrogen-bond donors (Lipinski definition) is 2. The maximum absolute atomic E-state index is 12.0. The quantitative estimate of drug-likeness (QED) is 0.592. The van der Waals surface area contributed by atoms with Crippen molar-refractivity contribution in [3.8, 4) is 11.5 Å². The highest BCUT2D eigenvalue weighted by Crippen LogP contribution is 2.30. The molecule has 0 spiro atoms. The van der Waals surface area contributed by atoms with Crippen LogP contribution in [0.25, 0.3) is 0 Å². The Morgan fingerprint density at radius 3 is 2.61 bits per heavy atom. The van der Waals surface area contributed by atoms with E-state index in [-0.39, 0.29) is 25.2 Å². The summed E-state index contributed by atoms with van der Waals surface area (Å²) in [6.07, 6.45) is 2.00. The lowest BCUT2D eigenvalue weighted by molar-refractivity contribution is 0.00312. The van der Waals surface area contributed by atoms with Crippen LogP contribution in [0.15, 0.2) is 42.6 Å². The summed E-state index contributed by atoms with van der Waals surface area (Å²) >= 11 is 0. The smallest absolute Gasteiger partial charge is 0.407 e. The van der Waals surface area contributed by atoms with Crippen LogP contribution in [0, 0.1) is 0 Å². The van der Waals surface area contributed by atoms with E-state index in [1.165, 1.54) is 4.90 Å². The summed E-state index contributed by atoms with van der Waals surface area (Å²) in [4.78, 5) is 20.0. The molecule has 1 aromatic carbocycles. The molecule has 1 unspecified atom stereocenters. The van der Waals surface area contributed by atoms with Crippen molar-refractivity contribution in [1.29, 1.82) is 0 Å². The van der Waals surface area contributed by atoms with Crippen LogP contribution in [0.4, 0.5) is 4.79 Å². The number of rotatable bonds is 9. The molecular formula is C24H31N3O6. The Hall–Kier alpha value is -2.88. The van der Waals surface area contributed by atoms with Crippen LogP contribution in [0.5, 0.6) is 11.5 Å². The molecule has 3 heterocycles. The molecule has 2 aromatic rings. The van der Waals surface area contributed by atoms with E-state index in [4.69, 9.17) is 14.2 Å². The molecule has 33 heavy (non-hydrogen) atoms. The molecule has 9 heteroatoms. The third-order valence-corrected chi connectivity index (χ3v) is 6.15. The maximum atomic E-state index is 12.0. The molecule has 9 nitrogen and oxygen atoms in total. The van der Waals surface area contributed by atoms with E-state index in [2.05, 4.69) is 9.88 Å². The highest BCUT2D eigenvalue weighted by Gasteiger charge is 2.31. The summed E-state index contributed by atoms with van der Waals surface area (Å²) in [6, 6.07) is 11.5. The van der Waals surface area contributed by atoms with Gasteiger partial charge in [0.15, 0.2) is 11.5 Å². The molecule has 1 aromatic heterocycles. The Morgan fingerprint density at radius 2 is 1.91 bits per heavy atom. The van der Waals surface area contributed by atoms with Gasteiger partial charge < -0.3 is 24.4 Å². The highest BCUT2D eigenvalue weighted by molar-refractivity contribution is 5.65. The second kappa shape index (κ2) is 11.3. The van der Waals surface area contributed by atoms with Crippen molar-refractivity contribution < 1.29 is 29.2 Å². The fraction of sp³-hybridized carbons (Fsp3) is 0.500. The van der Waals surface area contributed by atoms with Gasteiger partial charge in [0, 0.05) is 25.2 Å². The van der Waals surface area contributed by atoms with Gasteiger partial charge in [-0.15, -0.1) is 0 Å². The molecule has 0 radical (unpaired) electrons. The third kappa shape index (κ3) is 6.13. The number of pyridine rings is 1. The van der Waals surface area contributed by atoms with Crippen molar-refractivity contribution >= 4 is 6.09 Å². The van der Waals surface area contributed by atoms with Gasteiger partial charge in [-0.2, -0.15) is 0 Å². The number of ether oxygens (including phenoxy) is 3. The number of piperidine rings is 1. The zero-order chi connectivity index (χ0) is 23.0. The van der Waals surface area contributed by atoms with Crippen molar-refractivity contribution in [1.82, 2.24) is 14.8 Å².